The molecule has 2 aromatic heterocycles. The Balaban J connectivity index is 1.78. The third-order valence-corrected chi connectivity index (χ3v) is 7.12. The molecule has 4 rings (SSSR count). The van der Waals surface area contributed by atoms with Crippen molar-refractivity contribution in [1.82, 2.24) is 14.5 Å². The van der Waals surface area contributed by atoms with Gasteiger partial charge in [0.1, 0.15) is 22.7 Å². The molecule has 2 aromatic carbocycles. The zero-order valence-electron chi connectivity index (χ0n) is 23.6. The number of pyridine rings is 1. The van der Waals surface area contributed by atoms with Crippen LogP contribution in [0, 0.1) is 0 Å². The molecule has 1 atom stereocenters. The molecule has 12 heteroatoms. The van der Waals surface area contributed by atoms with E-state index in [1.807, 2.05) is 18.2 Å². The van der Waals surface area contributed by atoms with Crippen molar-refractivity contribution in [3.05, 3.63) is 69.6 Å². The van der Waals surface area contributed by atoms with Gasteiger partial charge in [0.2, 0.25) is 5.16 Å². The predicted octanol–water partition coefficient (Wildman–Crippen LogP) is 5.46. The molecule has 4 aromatic rings. The van der Waals surface area contributed by atoms with Crippen LogP contribution in [-0.2, 0) is 28.5 Å². The third kappa shape index (κ3) is 7.04. The number of fused-ring (bicyclic) bond motifs is 1. The van der Waals surface area contributed by atoms with E-state index < -0.39 is 22.5 Å². The lowest BCUT2D eigenvalue weighted by atomic mass is 10.0. The van der Waals surface area contributed by atoms with Crippen molar-refractivity contribution in [2.24, 2.45) is 0 Å². The first kappa shape index (κ1) is 30.0. The second-order valence-corrected chi connectivity index (χ2v) is 11.8. The van der Waals surface area contributed by atoms with E-state index in [0.717, 1.165) is 5.56 Å². The van der Waals surface area contributed by atoms with E-state index in [1.54, 1.807) is 45.0 Å². The van der Waals surface area contributed by atoms with Crippen molar-refractivity contribution in [3.8, 4) is 22.6 Å². The van der Waals surface area contributed by atoms with E-state index >= 15 is 0 Å². The molecule has 0 aliphatic rings. The van der Waals surface area contributed by atoms with E-state index in [0.29, 0.717) is 45.8 Å². The molecule has 0 spiro atoms. The number of carbonyl (C=O) groups excluding carboxylic acids is 1. The summed E-state index contributed by atoms with van der Waals surface area (Å²) in [6, 6.07) is 12.2. The maximum Gasteiger partial charge on any atom is 0.412 e. The van der Waals surface area contributed by atoms with Crippen molar-refractivity contribution in [1.29, 1.82) is 0 Å². The number of hydrogen-bond donors (Lipinski definition) is 1. The normalized spacial score (nSPS) is 12.2. The molecule has 0 fully saturated rings. The van der Waals surface area contributed by atoms with Gasteiger partial charge in [-0.15, -0.1) is 0 Å². The first-order chi connectivity index (χ1) is 19.4. The minimum absolute atomic E-state index is 0.114. The number of benzene rings is 2. The Morgan fingerprint density at radius 3 is 2.51 bits per heavy atom. The molecule has 0 radical (unpaired) electrons. The van der Waals surface area contributed by atoms with Gasteiger partial charge < -0.3 is 14.2 Å². The molecule has 1 amide bonds. The lowest BCUT2D eigenvalue weighted by molar-refractivity contribution is 0.0636. The van der Waals surface area contributed by atoms with Crippen molar-refractivity contribution < 1.29 is 23.2 Å². The van der Waals surface area contributed by atoms with Crippen LogP contribution in [0.25, 0.3) is 22.2 Å². The van der Waals surface area contributed by atoms with Gasteiger partial charge in [-0.1, -0.05) is 23.7 Å². The second-order valence-electron chi connectivity index (χ2n) is 10.2. The number of nitrogens with zero attached hydrogens (tertiary/aromatic N) is 3. The highest BCUT2D eigenvalue weighted by Gasteiger charge is 2.20. The van der Waals surface area contributed by atoms with Crippen LogP contribution in [0.1, 0.15) is 26.3 Å². The Bertz CT molecular complexity index is 1700. The van der Waals surface area contributed by atoms with Crippen LogP contribution >= 0.6 is 11.6 Å². The van der Waals surface area contributed by atoms with Crippen molar-refractivity contribution in [2.45, 2.75) is 44.5 Å². The summed E-state index contributed by atoms with van der Waals surface area (Å²) in [5.74, 6) is 0.823. The molecule has 2 heterocycles. The van der Waals surface area contributed by atoms with Gasteiger partial charge in [-0.3, -0.25) is 18.9 Å². The van der Waals surface area contributed by atoms with Gasteiger partial charge in [-0.2, -0.15) is 0 Å². The highest BCUT2D eigenvalue weighted by Crippen LogP contribution is 2.38. The van der Waals surface area contributed by atoms with E-state index in [4.69, 9.17) is 25.8 Å². The van der Waals surface area contributed by atoms with Crippen LogP contribution in [0.4, 0.5) is 10.5 Å². The number of aryl methyl sites for hydroxylation is 2. The van der Waals surface area contributed by atoms with Crippen molar-refractivity contribution in [3.63, 3.8) is 0 Å². The number of methoxy groups -OCH3 is 2. The Morgan fingerprint density at radius 2 is 1.85 bits per heavy atom. The second kappa shape index (κ2) is 12.3. The molecule has 0 saturated heterocycles. The highest BCUT2D eigenvalue weighted by atomic mass is 35.5. The quantitative estimate of drug-likeness (QED) is 0.266. The first-order valence-electron chi connectivity index (χ1n) is 12.6. The summed E-state index contributed by atoms with van der Waals surface area (Å²) < 4.78 is 29.8. The average Bonchev–Trinajstić information content (AvgIpc) is 2.91. The van der Waals surface area contributed by atoms with E-state index in [1.165, 1.54) is 31.2 Å². The summed E-state index contributed by atoms with van der Waals surface area (Å²) in [6.07, 6.45) is 2.87. The van der Waals surface area contributed by atoms with Crippen molar-refractivity contribution >= 4 is 45.2 Å². The molecule has 0 aliphatic heterocycles. The smallest absolute Gasteiger partial charge is 0.412 e. The van der Waals surface area contributed by atoms with E-state index in [9.17, 15) is 13.8 Å². The summed E-state index contributed by atoms with van der Waals surface area (Å²) in [7, 11) is 1.54. The van der Waals surface area contributed by atoms with Gasteiger partial charge >= 0.3 is 6.09 Å². The van der Waals surface area contributed by atoms with Crippen LogP contribution in [0.5, 0.6) is 11.5 Å². The number of rotatable bonds is 8. The number of hydrogen-bond acceptors (Lipinski definition) is 8. The monoisotopic (exact) mass is 598 g/mol. The average molecular weight is 599 g/mol. The molecular formula is C29H31ClN4O6S. The first-order valence-corrected chi connectivity index (χ1v) is 14.6. The zero-order valence-corrected chi connectivity index (χ0v) is 25.2. The molecule has 0 aliphatic carbocycles. The molecule has 0 saturated carbocycles. The van der Waals surface area contributed by atoms with Gasteiger partial charge in [0.05, 0.1) is 30.0 Å². The van der Waals surface area contributed by atoms with E-state index in [2.05, 4.69) is 15.3 Å². The molecular weight excluding hydrogens is 568 g/mol. The number of amides is 1. The van der Waals surface area contributed by atoms with Crippen LogP contribution < -0.4 is 20.3 Å². The summed E-state index contributed by atoms with van der Waals surface area (Å²) in [5.41, 5.74) is 1.50. The largest absolute Gasteiger partial charge is 0.497 e. The number of carbonyl (C=O) groups is 1. The summed E-state index contributed by atoms with van der Waals surface area (Å²) in [5, 5.41) is 3.66. The van der Waals surface area contributed by atoms with Gasteiger partial charge in [0.25, 0.3) is 5.56 Å². The van der Waals surface area contributed by atoms with Gasteiger partial charge in [0, 0.05) is 47.3 Å². The zero-order chi connectivity index (χ0) is 29.9. The molecule has 1 unspecified atom stereocenters. The summed E-state index contributed by atoms with van der Waals surface area (Å²) in [4.78, 5) is 34.9. The fraction of sp³-hybridized carbons (Fsp3) is 0.310. The number of halogens is 1. The van der Waals surface area contributed by atoms with Crippen LogP contribution in [-0.4, -0.2) is 50.9 Å². The number of anilines is 1. The van der Waals surface area contributed by atoms with Crippen LogP contribution in [0.15, 0.2) is 58.6 Å². The minimum atomic E-state index is -1.45. The minimum Gasteiger partial charge on any atom is -0.497 e. The lowest BCUT2D eigenvalue weighted by Crippen LogP contribution is -2.27. The van der Waals surface area contributed by atoms with Crippen LogP contribution in [0.3, 0.4) is 0 Å². The van der Waals surface area contributed by atoms with Crippen LogP contribution in [0.2, 0.25) is 5.02 Å². The Kier molecular flexibility index (Phi) is 8.98. The standard InChI is InChI=1S/C29H31ClN4O6S/c1-29(2,3)40-28(36)32-19-9-7-8-17(12-19)10-11-34-25-18(16-31-27(33-25)41(6)37)13-22(26(34)35)21-14-20(38-4)15-23(39-5)24(21)30/h7-9,12-16H,10-11H2,1-6H3,(H,32,36). The SMILES string of the molecule is COc1cc(OC)c(Cl)c(-c2cc3cnc(S(C)=O)nc3n(CCc3cccc(NC(=O)OC(C)(C)C)c3)c2=O)c1. The van der Waals surface area contributed by atoms with Crippen molar-refractivity contribution in [2.75, 3.05) is 25.8 Å². The Labute approximate surface area is 245 Å². The summed E-state index contributed by atoms with van der Waals surface area (Å²) in [6.45, 7) is 5.59. The molecule has 10 nitrogen and oxygen atoms in total. The number of nitrogens with one attached hydrogen (secondary N) is 1. The molecule has 1 N–H and O–H groups in total. The number of aromatic nitrogens is 3. The maximum absolute atomic E-state index is 14.0. The van der Waals surface area contributed by atoms with E-state index in [-0.39, 0.29) is 22.3 Å². The maximum atomic E-state index is 14.0. The molecule has 216 valence electrons. The third-order valence-electron chi connectivity index (χ3n) is 6.02. The number of ether oxygens (including phenoxy) is 3. The molecule has 0 bridgehead atoms. The predicted molar refractivity (Wildman–Crippen MR) is 160 cm³/mol. The fourth-order valence-corrected chi connectivity index (χ4v) is 4.89. The summed E-state index contributed by atoms with van der Waals surface area (Å²) >= 11 is 6.64. The topological polar surface area (TPSA) is 122 Å². The lowest BCUT2D eigenvalue weighted by Gasteiger charge is -2.19. The van der Waals surface area contributed by atoms with Gasteiger partial charge in [0.15, 0.2) is 0 Å². The highest BCUT2D eigenvalue weighted by molar-refractivity contribution is 7.84. The Morgan fingerprint density at radius 1 is 1.10 bits per heavy atom. The fourth-order valence-electron chi connectivity index (χ4n) is 4.18. The Hall–Kier alpha value is -3.96. The molecule has 41 heavy (non-hydrogen) atoms. The van der Waals surface area contributed by atoms with Gasteiger partial charge in [-0.25, -0.2) is 14.8 Å². The van der Waals surface area contributed by atoms with Gasteiger partial charge in [-0.05, 0) is 57.0 Å².